The number of nitrogens with one attached hydrogen (secondary N) is 1. The van der Waals surface area contributed by atoms with Crippen LogP contribution in [0, 0.1) is 0 Å². The van der Waals surface area contributed by atoms with Gasteiger partial charge in [-0.1, -0.05) is 285 Å². The number of ether oxygens (including phenoxy) is 4. The Labute approximate surface area is 470 Å². The molecule has 3 rings (SSSR count). The fraction of sp³-hybridized carbons (Fsp3) is 0.656. The quantitative estimate of drug-likeness (QED) is 0.0247. The Morgan fingerprint density at radius 2 is 0.756 bits per heavy atom. The molecule has 0 aliphatic carbocycles. The number of esters is 3. The highest BCUT2D eigenvalue weighted by Crippen LogP contribution is 2.50. The minimum Gasteiger partial charge on any atom is -0.462 e. The van der Waals surface area contributed by atoms with Gasteiger partial charge in [0, 0.05) is 12.8 Å². The summed E-state index contributed by atoms with van der Waals surface area (Å²) in [5, 5.41) is 2.48. The molecule has 0 aliphatic heterocycles. The van der Waals surface area contributed by atoms with Crippen molar-refractivity contribution in [1.29, 1.82) is 0 Å². The van der Waals surface area contributed by atoms with Crippen molar-refractivity contribution in [3.63, 3.8) is 0 Å². The maximum Gasteiger partial charge on any atom is 0.475 e. The molecule has 0 bridgehead atoms. The molecule has 1 unspecified atom stereocenters. The van der Waals surface area contributed by atoms with E-state index in [0.29, 0.717) is 24.0 Å². The first-order valence-corrected chi connectivity index (χ1v) is 31.8. The van der Waals surface area contributed by atoms with Gasteiger partial charge in [-0.15, -0.1) is 0 Å². The zero-order valence-electron chi connectivity index (χ0n) is 48.0. The standard InChI is InChI=1S/C64H100NO12P/c1-3-5-7-9-11-13-15-17-19-21-23-25-27-29-40-48-61(66)71-53-59(77-62(67)49-41-30-28-26-24-22-20-18-16-14-12-10-8-6-4-2)54-75-78(70,74-52-58-46-38-33-39-47-58)76-55-60(63(68)72-50-56-42-34-31-35-43-56)65-64(69)73-51-57-44-36-32-37-45-57/h31-39,42-47,59-60H,3-30,40-41,48-55H2,1-2H3,(H,65,69)/t59-,60-,78?/m1/s1. The lowest BCUT2D eigenvalue weighted by Gasteiger charge is -2.24. The molecule has 0 fully saturated rings. The predicted molar refractivity (Wildman–Crippen MR) is 310 cm³/mol. The number of benzene rings is 3. The average Bonchev–Trinajstić information content (AvgIpc) is 3.47. The summed E-state index contributed by atoms with van der Waals surface area (Å²) in [6.45, 7) is 2.52. The molecule has 3 aromatic carbocycles. The van der Waals surface area contributed by atoms with E-state index in [9.17, 15) is 23.7 Å². The van der Waals surface area contributed by atoms with Crippen LogP contribution in [0.1, 0.15) is 236 Å². The van der Waals surface area contributed by atoms with E-state index in [-0.39, 0.29) is 39.3 Å². The zero-order valence-corrected chi connectivity index (χ0v) is 48.9. The highest BCUT2D eigenvalue weighted by Gasteiger charge is 2.34. The molecule has 13 nitrogen and oxygen atoms in total. The second kappa shape index (κ2) is 46.2. The van der Waals surface area contributed by atoms with E-state index in [0.717, 1.165) is 44.1 Å². The molecule has 0 radical (unpaired) electrons. The van der Waals surface area contributed by atoms with Gasteiger partial charge < -0.3 is 24.3 Å². The second-order valence-electron chi connectivity index (χ2n) is 20.8. The number of hydrogen-bond donors (Lipinski definition) is 1. The Morgan fingerprint density at radius 3 is 1.18 bits per heavy atom. The molecule has 1 N–H and O–H groups in total. The van der Waals surface area contributed by atoms with Crippen LogP contribution in [0.15, 0.2) is 91.0 Å². The van der Waals surface area contributed by atoms with E-state index in [1.54, 1.807) is 72.8 Å². The van der Waals surface area contributed by atoms with Gasteiger partial charge in [-0.25, -0.2) is 14.2 Å². The third-order valence-corrected chi connectivity index (χ3v) is 15.1. The first-order chi connectivity index (χ1) is 38.2. The van der Waals surface area contributed by atoms with Gasteiger partial charge in [0.05, 0.1) is 19.8 Å². The lowest BCUT2D eigenvalue weighted by atomic mass is 10.0. The van der Waals surface area contributed by atoms with Crippen molar-refractivity contribution < 1.29 is 56.3 Å². The summed E-state index contributed by atoms with van der Waals surface area (Å²) < 4.78 is 54.6. The van der Waals surface area contributed by atoms with Crippen LogP contribution in [0.4, 0.5) is 4.79 Å². The fourth-order valence-electron chi connectivity index (χ4n) is 8.99. The molecular formula is C64H100NO12P. The molecule has 78 heavy (non-hydrogen) atoms. The van der Waals surface area contributed by atoms with E-state index in [1.165, 1.54) is 141 Å². The zero-order chi connectivity index (χ0) is 55.8. The van der Waals surface area contributed by atoms with Crippen LogP contribution in [0.25, 0.3) is 0 Å². The maximum atomic E-state index is 14.6. The van der Waals surface area contributed by atoms with Crippen LogP contribution >= 0.6 is 7.82 Å². The van der Waals surface area contributed by atoms with E-state index in [1.807, 2.05) is 18.2 Å². The van der Waals surface area contributed by atoms with Gasteiger partial charge in [0.1, 0.15) is 19.8 Å². The summed E-state index contributed by atoms with van der Waals surface area (Å²) >= 11 is 0. The van der Waals surface area contributed by atoms with Crippen molar-refractivity contribution in [2.24, 2.45) is 0 Å². The van der Waals surface area contributed by atoms with Crippen LogP contribution in [-0.4, -0.2) is 56.0 Å². The summed E-state index contributed by atoms with van der Waals surface area (Å²) in [7, 11) is -4.64. The van der Waals surface area contributed by atoms with Gasteiger partial charge >= 0.3 is 31.8 Å². The van der Waals surface area contributed by atoms with Crippen LogP contribution in [0.2, 0.25) is 0 Å². The number of alkyl carbamates (subject to hydrolysis) is 1. The van der Waals surface area contributed by atoms with Crippen molar-refractivity contribution in [2.45, 2.75) is 251 Å². The molecule has 3 aromatic rings. The lowest BCUT2D eigenvalue weighted by Crippen LogP contribution is -2.45. The molecule has 3 atom stereocenters. The van der Waals surface area contributed by atoms with Crippen molar-refractivity contribution >= 4 is 31.8 Å². The van der Waals surface area contributed by atoms with Crippen molar-refractivity contribution in [1.82, 2.24) is 5.32 Å². The molecule has 0 aliphatic rings. The highest BCUT2D eigenvalue weighted by atomic mass is 31.2. The van der Waals surface area contributed by atoms with E-state index >= 15 is 0 Å². The fourth-order valence-corrected chi connectivity index (χ4v) is 10.2. The largest absolute Gasteiger partial charge is 0.475 e. The number of amides is 1. The smallest absolute Gasteiger partial charge is 0.462 e. The number of carbonyl (C=O) groups excluding carboxylic acids is 4. The lowest BCUT2D eigenvalue weighted by molar-refractivity contribution is -0.161. The number of unbranched alkanes of at least 4 members (excludes halogenated alkanes) is 28. The average molecular weight is 1110 g/mol. The number of hydrogen-bond acceptors (Lipinski definition) is 12. The molecule has 0 aromatic heterocycles. The monoisotopic (exact) mass is 1110 g/mol. The van der Waals surface area contributed by atoms with Crippen LogP contribution < -0.4 is 5.32 Å². The molecule has 0 spiro atoms. The number of rotatable bonds is 50. The van der Waals surface area contributed by atoms with Crippen LogP contribution in [-0.2, 0) is 71.3 Å². The Morgan fingerprint density at radius 1 is 0.397 bits per heavy atom. The van der Waals surface area contributed by atoms with Crippen LogP contribution in [0.5, 0.6) is 0 Å². The Balaban J connectivity index is 1.59. The summed E-state index contributed by atoms with van der Waals surface area (Å²) in [4.78, 5) is 53.1. The Kier molecular flexibility index (Phi) is 40.1. The first kappa shape index (κ1) is 67.7. The minimum atomic E-state index is -4.64. The summed E-state index contributed by atoms with van der Waals surface area (Å²) in [5.41, 5.74) is 2.07. The van der Waals surface area contributed by atoms with E-state index in [2.05, 4.69) is 19.2 Å². The summed E-state index contributed by atoms with van der Waals surface area (Å²) in [6.07, 6.45) is 34.5. The molecule has 0 heterocycles. The normalized spacial score (nSPS) is 12.8. The third-order valence-electron chi connectivity index (χ3n) is 13.8. The molecule has 1 amide bonds. The number of carbonyl (C=O) groups is 4. The van der Waals surface area contributed by atoms with Crippen molar-refractivity contribution in [3.05, 3.63) is 108 Å². The van der Waals surface area contributed by atoms with Gasteiger partial charge in [0.25, 0.3) is 0 Å². The SMILES string of the molecule is CCCCCCCCCCCCCCCCCC(=O)OC[C@H](COP(=O)(OCc1ccccc1)OC[C@@H](NC(=O)OCc1ccccc1)C(=O)OCc1ccccc1)OC(=O)CCCCCCCCCCCCCCCCC. The van der Waals surface area contributed by atoms with Gasteiger partial charge in [0.2, 0.25) is 0 Å². The minimum absolute atomic E-state index is 0.0787. The van der Waals surface area contributed by atoms with Crippen LogP contribution in [0.3, 0.4) is 0 Å². The van der Waals surface area contributed by atoms with Gasteiger partial charge in [0.15, 0.2) is 12.1 Å². The van der Waals surface area contributed by atoms with Gasteiger partial charge in [-0.3, -0.25) is 23.2 Å². The maximum absolute atomic E-state index is 14.6. The van der Waals surface area contributed by atoms with Gasteiger partial charge in [-0.2, -0.15) is 0 Å². The Hall–Kier alpha value is -4.55. The van der Waals surface area contributed by atoms with E-state index < -0.39 is 57.2 Å². The summed E-state index contributed by atoms with van der Waals surface area (Å²) in [6, 6.07) is 25.4. The predicted octanol–water partition coefficient (Wildman–Crippen LogP) is 17.4. The topological polar surface area (TPSA) is 162 Å². The van der Waals surface area contributed by atoms with Gasteiger partial charge in [-0.05, 0) is 29.5 Å². The third kappa shape index (κ3) is 36.6. The van der Waals surface area contributed by atoms with Crippen molar-refractivity contribution in [3.8, 4) is 0 Å². The molecular weight excluding hydrogens is 1010 g/mol. The second-order valence-corrected chi connectivity index (χ2v) is 22.5. The molecule has 14 heteroatoms. The molecule has 0 saturated heterocycles. The number of phosphoric ester groups is 1. The molecule has 0 saturated carbocycles. The number of phosphoric acid groups is 1. The summed E-state index contributed by atoms with van der Waals surface area (Å²) in [5.74, 6) is -1.83. The van der Waals surface area contributed by atoms with Crippen molar-refractivity contribution in [2.75, 3.05) is 19.8 Å². The first-order valence-electron chi connectivity index (χ1n) is 30.3. The van der Waals surface area contributed by atoms with E-state index in [4.69, 9.17) is 32.5 Å². The Bertz CT molecular complexity index is 1990. The molecule has 438 valence electrons. The highest BCUT2D eigenvalue weighted by molar-refractivity contribution is 7.48.